The fourth-order valence-corrected chi connectivity index (χ4v) is 5.76. The zero-order valence-corrected chi connectivity index (χ0v) is 14.4. The molecule has 1 rings (SSSR count). The van der Waals surface area contributed by atoms with Crippen LogP contribution in [0.4, 0.5) is 0 Å². The van der Waals surface area contributed by atoms with E-state index in [2.05, 4.69) is 18.7 Å². The van der Waals surface area contributed by atoms with Crippen molar-refractivity contribution < 1.29 is 9.47 Å². The Labute approximate surface area is 111 Å². The van der Waals surface area contributed by atoms with Gasteiger partial charge in [-0.2, -0.15) is 0 Å². The van der Waals surface area contributed by atoms with Crippen molar-refractivity contribution in [2.75, 3.05) is 32.8 Å². The SMILES string of the molecule is CCOC(OCC)[SiH2]CCCN1CC[SiH2]CC1. The lowest BCUT2D eigenvalue weighted by molar-refractivity contribution is -0.0828. The van der Waals surface area contributed by atoms with Crippen molar-refractivity contribution in [3.63, 3.8) is 0 Å². The summed E-state index contributed by atoms with van der Waals surface area (Å²) in [6.45, 7) is 9.76. The second-order valence-electron chi connectivity index (χ2n) is 4.74. The smallest absolute Gasteiger partial charge is 0.134 e. The Morgan fingerprint density at radius 3 is 2.41 bits per heavy atom. The Balaban J connectivity index is 2.00. The van der Waals surface area contributed by atoms with E-state index in [1.54, 1.807) is 0 Å². The van der Waals surface area contributed by atoms with Gasteiger partial charge in [0.25, 0.3) is 0 Å². The van der Waals surface area contributed by atoms with Crippen molar-refractivity contribution in [1.82, 2.24) is 4.90 Å². The second kappa shape index (κ2) is 10.3. The van der Waals surface area contributed by atoms with Gasteiger partial charge in [0.15, 0.2) is 0 Å². The van der Waals surface area contributed by atoms with Gasteiger partial charge in [-0.1, -0.05) is 18.1 Å². The summed E-state index contributed by atoms with van der Waals surface area (Å²) in [6, 6.07) is 4.44. The molecule has 1 saturated heterocycles. The van der Waals surface area contributed by atoms with Gasteiger partial charge in [-0.3, -0.25) is 0 Å². The van der Waals surface area contributed by atoms with E-state index in [-0.39, 0.29) is 15.4 Å². The quantitative estimate of drug-likeness (QED) is 0.350. The van der Waals surface area contributed by atoms with Gasteiger partial charge in [-0.15, -0.1) is 0 Å². The zero-order valence-electron chi connectivity index (χ0n) is 11.6. The van der Waals surface area contributed by atoms with Gasteiger partial charge < -0.3 is 14.4 Å². The summed E-state index contributed by atoms with van der Waals surface area (Å²) in [6.07, 6.45) is 1.35. The first kappa shape index (κ1) is 15.4. The molecule has 3 nitrogen and oxygen atoms in total. The molecule has 1 aliphatic heterocycles. The molecule has 0 saturated carbocycles. The van der Waals surface area contributed by atoms with Crippen molar-refractivity contribution in [3.8, 4) is 0 Å². The molecule has 0 unspecified atom stereocenters. The maximum absolute atomic E-state index is 5.61. The van der Waals surface area contributed by atoms with E-state index in [1.807, 2.05) is 0 Å². The molecular weight excluding hydrogens is 246 g/mol. The normalized spacial score (nSPS) is 18.5. The van der Waals surface area contributed by atoms with Crippen LogP contribution >= 0.6 is 0 Å². The van der Waals surface area contributed by atoms with Crippen LogP contribution in [-0.2, 0) is 9.47 Å². The Kier molecular flexibility index (Phi) is 9.27. The highest BCUT2D eigenvalue weighted by Gasteiger charge is 2.11. The number of hydrogen-bond donors (Lipinski definition) is 0. The molecule has 1 fully saturated rings. The summed E-state index contributed by atoms with van der Waals surface area (Å²) in [5, 5.41) is 0. The van der Waals surface area contributed by atoms with Gasteiger partial charge in [0.1, 0.15) is 5.91 Å². The lowest BCUT2D eigenvalue weighted by Crippen LogP contribution is -2.33. The molecule has 0 bridgehead atoms. The molecule has 0 aliphatic carbocycles. The van der Waals surface area contributed by atoms with Crippen molar-refractivity contribution in [3.05, 3.63) is 0 Å². The topological polar surface area (TPSA) is 21.7 Å². The minimum atomic E-state index is -0.206. The third kappa shape index (κ3) is 7.36. The highest BCUT2D eigenvalue weighted by molar-refractivity contribution is 6.36. The summed E-state index contributed by atoms with van der Waals surface area (Å²) in [7, 11) is 0.143. The average molecular weight is 276 g/mol. The molecule has 17 heavy (non-hydrogen) atoms. The Bertz CT molecular complexity index is 172. The first-order chi connectivity index (χ1) is 8.36. The predicted molar refractivity (Wildman–Crippen MR) is 79.6 cm³/mol. The third-order valence-electron chi connectivity index (χ3n) is 3.32. The fourth-order valence-electron chi connectivity index (χ4n) is 2.42. The summed E-state index contributed by atoms with van der Waals surface area (Å²) in [5.74, 6) is 0.166. The van der Waals surface area contributed by atoms with Crippen molar-refractivity contribution >= 4 is 19.0 Å². The highest BCUT2D eigenvalue weighted by Crippen LogP contribution is 2.06. The van der Waals surface area contributed by atoms with Gasteiger partial charge in [0.2, 0.25) is 0 Å². The molecule has 1 aliphatic rings. The van der Waals surface area contributed by atoms with Gasteiger partial charge >= 0.3 is 0 Å². The lowest BCUT2D eigenvalue weighted by atomic mass is 10.4. The van der Waals surface area contributed by atoms with Gasteiger partial charge in [0.05, 0.1) is 9.52 Å². The highest BCUT2D eigenvalue weighted by atomic mass is 28.2. The van der Waals surface area contributed by atoms with Crippen LogP contribution in [0.25, 0.3) is 0 Å². The van der Waals surface area contributed by atoms with Crippen LogP contribution in [0.1, 0.15) is 20.3 Å². The fraction of sp³-hybridized carbons (Fsp3) is 1.00. The molecule has 0 spiro atoms. The minimum Gasteiger partial charge on any atom is -0.357 e. The van der Waals surface area contributed by atoms with Crippen LogP contribution in [0.3, 0.4) is 0 Å². The number of nitrogens with zero attached hydrogens (tertiary/aromatic N) is 1. The molecule has 1 heterocycles. The molecule has 0 radical (unpaired) electrons. The first-order valence-electron chi connectivity index (χ1n) is 7.32. The molecule has 0 aromatic carbocycles. The third-order valence-corrected chi connectivity index (χ3v) is 6.80. The van der Waals surface area contributed by atoms with E-state index in [0.29, 0.717) is 9.52 Å². The lowest BCUT2D eigenvalue weighted by Gasteiger charge is -2.26. The van der Waals surface area contributed by atoms with E-state index in [0.717, 1.165) is 13.2 Å². The average Bonchev–Trinajstić information content (AvgIpc) is 2.36. The van der Waals surface area contributed by atoms with Crippen molar-refractivity contribution in [1.29, 1.82) is 0 Å². The van der Waals surface area contributed by atoms with Crippen molar-refractivity contribution in [2.24, 2.45) is 0 Å². The molecule has 0 atom stereocenters. The molecule has 0 aromatic rings. The summed E-state index contributed by atoms with van der Waals surface area (Å²) >= 11 is 0. The van der Waals surface area contributed by atoms with Crippen LogP contribution in [0.15, 0.2) is 0 Å². The van der Waals surface area contributed by atoms with Crippen LogP contribution in [0.5, 0.6) is 0 Å². The maximum atomic E-state index is 5.61. The Morgan fingerprint density at radius 2 is 1.82 bits per heavy atom. The van der Waals surface area contributed by atoms with E-state index < -0.39 is 0 Å². The molecule has 0 amide bonds. The van der Waals surface area contributed by atoms with Crippen LogP contribution in [0, 0.1) is 0 Å². The largest absolute Gasteiger partial charge is 0.357 e. The molecular formula is C12H29NO2Si2. The Hall–Kier alpha value is 0.314. The van der Waals surface area contributed by atoms with E-state index in [9.17, 15) is 0 Å². The minimum absolute atomic E-state index is 0.166. The van der Waals surface area contributed by atoms with E-state index in [4.69, 9.17) is 9.47 Å². The number of hydrogen-bond acceptors (Lipinski definition) is 3. The Morgan fingerprint density at radius 1 is 1.18 bits per heavy atom. The monoisotopic (exact) mass is 275 g/mol. The van der Waals surface area contributed by atoms with Crippen LogP contribution in [0.2, 0.25) is 18.1 Å². The van der Waals surface area contributed by atoms with Crippen LogP contribution < -0.4 is 0 Å². The summed E-state index contributed by atoms with van der Waals surface area (Å²) in [5.41, 5.74) is 0. The molecule has 102 valence electrons. The van der Waals surface area contributed by atoms with E-state index in [1.165, 1.54) is 44.2 Å². The standard InChI is InChI=1S/C12H29NO2Si2/c1-3-14-12(15-4-2)17-9-5-6-13-7-10-16-11-8-13/h12H,3-11,16-17H2,1-2H3. The van der Waals surface area contributed by atoms with Gasteiger partial charge in [0, 0.05) is 22.7 Å². The first-order valence-corrected chi connectivity index (χ1v) is 11.1. The summed E-state index contributed by atoms with van der Waals surface area (Å²) < 4.78 is 11.2. The second-order valence-corrected chi connectivity index (χ2v) is 8.81. The van der Waals surface area contributed by atoms with Gasteiger partial charge in [-0.25, -0.2) is 0 Å². The molecule has 5 heteroatoms. The number of rotatable bonds is 9. The summed E-state index contributed by atoms with van der Waals surface area (Å²) in [4.78, 5) is 2.65. The number of ether oxygens (including phenoxy) is 2. The maximum Gasteiger partial charge on any atom is 0.134 e. The van der Waals surface area contributed by atoms with Gasteiger partial charge in [-0.05, 0) is 39.9 Å². The predicted octanol–water partition coefficient (Wildman–Crippen LogP) is 0.641. The zero-order chi connectivity index (χ0) is 12.3. The molecule has 0 N–H and O–H groups in total. The van der Waals surface area contributed by atoms with Crippen molar-refractivity contribution in [2.45, 2.75) is 44.3 Å². The molecule has 0 aromatic heterocycles. The van der Waals surface area contributed by atoms with Crippen LogP contribution in [-0.4, -0.2) is 62.7 Å². The van der Waals surface area contributed by atoms with E-state index >= 15 is 0 Å².